The molecule has 2 aromatic rings. The third kappa shape index (κ3) is 4.53. The first kappa shape index (κ1) is 14.3. The van der Waals surface area contributed by atoms with Crippen LogP contribution in [0.1, 0.15) is 5.56 Å². The molecule has 1 unspecified atom stereocenters. The molecule has 0 saturated heterocycles. The molecule has 5 nitrogen and oxygen atoms in total. The Morgan fingerprint density at radius 2 is 1.85 bits per heavy atom. The Labute approximate surface area is 118 Å². The smallest absolute Gasteiger partial charge is 0.137 e. The van der Waals surface area contributed by atoms with E-state index in [1.807, 2.05) is 24.3 Å². The van der Waals surface area contributed by atoms with Crippen LogP contribution in [-0.2, 0) is 6.54 Å². The van der Waals surface area contributed by atoms with Crippen LogP contribution in [-0.4, -0.2) is 29.4 Å². The molecule has 3 N–H and O–H groups in total. The molecule has 0 radical (unpaired) electrons. The maximum Gasteiger partial charge on any atom is 0.137 e. The van der Waals surface area contributed by atoms with Gasteiger partial charge in [-0.25, -0.2) is 0 Å². The number of pyridine rings is 1. The van der Waals surface area contributed by atoms with Crippen LogP contribution in [0.4, 0.5) is 0 Å². The summed E-state index contributed by atoms with van der Waals surface area (Å²) >= 11 is 0. The largest absolute Gasteiger partial charge is 0.491 e. The SMILES string of the molecule is NCc1cccc(OCC(O)COc2cccnc2)c1. The summed E-state index contributed by atoms with van der Waals surface area (Å²) in [5.41, 5.74) is 6.55. The van der Waals surface area contributed by atoms with Crippen molar-refractivity contribution in [2.45, 2.75) is 12.6 Å². The lowest BCUT2D eigenvalue weighted by Gasteiger charge is -2.13. The normalized spacial score (nSPS) is 11.9. The lowest BCUT2D eigenvalue weighted by atomic mass is 10.2. The van der Waals surface area contributed by atoms with Gasteiger partial charge in [-0.2, -0.15) is 0 Å². The van der Waals surface area contributed by atoms with Gasteiger partial charge in [0.05, 0.1) is 6.20 Å². The van der Waals surface area contributed by atoms with E-state index in [4.69, 9.17) is 15.2 Å². The van der Waals surface area contributed by atoms with E-state index in [0.29, 0.717) is 18.0 Å². The zero-order chi connectivity index (χ0) is 14.2. The van der Waals surface area contributed by atoms with E-state index in [9.17, 15) is 5.11 Å². The van der Waals surface area contributed by atoms with Gasteiger partial charge in [0.1, 0.15) is 30.8 Å². The van der Waals surface area contributed by atoms with E-state index < -0.39 is 6.10 Å². The number of benzene rings is 1. The number of aromatic nitrogens is 1. The predicted molar refractivity (Wildman–Crippen MR) is 75.6 cm³/mol. The second kappa shape index (κ2) is 7.47. The van der Waals surface area contributed by atoms with Gasteiger partial charge in [-0.3, -0.25) is 4.98 Å². The van der Waals surface area contributed by atoms with Crippen LogP contribution in [0.2, 0.25) is 0 Å². The lowest BCUT2D eigenvalue weighted by molar-refractivity contribution is 0.0625. The summed E-state index contributed by atoms with van der Waals surface area (Å²) in [4.78, 5) is 3.93. The Hall–Kier alpha value is -2.11. The van der Waals surface area contributed by atoms with Crippen LogP contribution < -0.4 is 15.2 Å². The Morgan fingerprint density at radius 1 is 1.10 bits per heavy atom. The van der Waals surface area contributed by atoms with Crippen LogP contribution in [0.5, 0.6) is 11.5 Å². The summed E-state index contributed by atoms with van der Waals surface area (Å²) in [6.45, 7) is 0.778. The average molecular weight is 274 g/mol. The van der Waals surface area contributed by atoms with Crippen LogP contribution in [0.15, 0.2) is 48.8 Å². The topological polar surface area (TPSA) is 77.6 Å². The van der Waals surface area contributed by atoms with E-state index >= 15 is 0 Å². The Morgan fingerprint density at radius 3 is 2.55 bits per heavy atom. The number of aliphatic hydroxyl groups excluding tert-OH is 1. The highest BCUT2D eigenvalue weighted by Gasteiger charge is 2.07. The number of nitrogens with zero attached hydrogens (tertiary/aromatic N) is 1. The standard InChI is InChI=1S/C15H18N2O3/c16-8-12-3-1-4-14(7-12)19-10-13(18)11-20-15-5-2-6-17-9-15/h1-7,9,13,18H,8,10-11,16H2. The van der Waals surface area contributed by atoms with Crippen LogP contribution in [0.25, 0.3) is 0 Å². The number of ether oxygens (including phenoxy) is 2. The molecule has 1 atom stereocenters. The van der Waals surface area contributed by atoms with Gasteiger partial charge in [-0.05, 0) is 29.8 Å². The van der Waals surface area contributed by atoms with Crippen molar-refractivity contribution in [3.05, 3.63) is 54.4 Å². The fraction of sp³-hybridized carbons (Fsp3) is 0.267. The molecule has 0 fully saturated rings. The van der Waals surface area contributed by atoms with Crippen LogP contribution in [0, 0.1) is 0 Å². The number of hydrogen-bond acceptors (Lipinski definition) is 5. The monoisotopic (exact) mass is 274 g/mol. The third-order valence-electron chi connectivity index (χ3n) is 2.65. The minimum atomic E-state index is -0.711. The van der Waals surface area contributed by atoms with Crippen molar-refractivity contribution < 1.29 is 14.6 Å². The first-order valence-electron chi connectivity index (χ1n) is 6.40. The lowest BCUT2D eigenvalue weighted by Crippen LogP contribution is -2.25. The zero-order valence-electron chi connectivity index (χ0n) is 11.1. The fourth-order valence-electron chi connectivity index (χ4n) is 1.63. The highest BCUT2D eigenvalue weighted by atomic mass is 16.5. The second-order valence-corrected chi connectivity index (χ2v) is 4.32. The molecule has 1 aromatic heterocycles. The zero-order valence-corrected chi connectivity index (χ0v) is 11.1. The molecule has 0 aliphatic rings. The highest BCUT2D eigenvalue weighted by Crippen LogP contribution is 2.13. The molecule has 1 heterocycles. The van der Waals surface area contributed by atoms with E-state index in [1.165, 1.54) is 0 Å². The first-order valence-corrected chi connectivity index (χ1v) is 6.40. The molecule has 5 heteroatoms. The molecule has 106 valence electrons. The van der Waals surface area contributed by atoms with E-state index in [1.54, 1.807) is 24.5 Å². The van der Waals surface area contributed by atoms with Crippen molar-refractivity contribution in [1.29, 1.82) is 0 Å². The van der Waals surface area contributed by atoms with Crippen LogP contribution >= 0.6 is 0 Å². The van der Waals surface area contributed by atoms with Gasteiger partial charge < -0.3 is 20.3 Å². The van der Waals surface area contributed by atoms with Gasteiger partial charge >= 0.3 is 0 Å². The highest BCUT2D eigenvalue weighted by molar-refractivity contribution is 5.28. The van der Waals surface area contributed by atoms with Crippen molar-refractivity contribution in [2.75, 3.05) is 13.2 Å². The molecule has 0 aliphatic carbocycles. The van der Waals surface area contributed by atoms with Crippen molar-refractivity contribution >= 4 is 0 Å². The molecule has 0 spiro atoms. The number of rotatable bonds is 7. The summed E-state index contributed by atoms with van der Waals surface area (Å²) < 4.78 is 10.9. The van der Waals surface area contributed by atoms with Gasteiger partial charge in [-0.1, -0.05) is 12.1 Å². The molecule has 0 bridgehead atoms. The summed E-state index contributed by atoms with van der Waals surface area (Å²) in [7, 11) is 0. The summed E-state index contributed by atoms with van der Waals surface area (Å²) in [5.74, 6) is 1.31. The minimum Gasteiger partial charge on any atom is -0.491 e. The van der Waals surface area contributed by atoms with Gasteiger partial charge in [-0.15, -0.1) is 0 Å². The van der Waals surface area contributed by atoms with Gasteiger partial charge in [0, 0.05) is 12.7 Å². The fourth-order valence-corrected chi connectivity index (χ4v) is 1.63. The molecule has 0 saturated carbocycles. The number of nitrogens with two attached hydrogens (primary N) is 1. The number of hydrogen-bond donors (Lipinski definition) is 2. The molecular weight excluding hydrogens is 256 g/mol. The first-order chi connectivity index (χ1) is 9.78. The Bertz CT molecular complexity index is 520. The molecule has 0 aliphatic heterocycles. The maximum absolute atomic E-state index is 9.80. The van der Waals surface area contributed by atoms with Crippen molar-refractivity contribution in [2.24, 2.45) is 5.73 Å². The summed E-state index contributed by atoms with van der Waals surface area (Å²) in [5, 5.41) is 9.80. The second-order valence-electron chi connectivity index (χ2n) is 4.32. The Kier molecular flexibility index (Phi) is 5.34. The summed E-state index contributed by atoms with van der Waals surface area (Å²) in [6.07, 6.45) is 2.55. The van der Waals surface area contributed by atoms with Gasteiger partial charge in [0.25, 0.3) is 0 Å². The molecule has 20 heavy (non-hydrogen) atoms. The van der Waals surface area contributed by atoms with E-state index in [2.05, 4.69) is 4.98 Å². The molecule has 2 rings (SSSR count). The molecular formula is C15H18N2O3. The van der Waals surface area contributed by atoms with Gasteiger partial charge in [0.2, 0.25) is 0 Å². The van der Waals surface area contributed by atoms with Crippen molar-refractivity contribution in [3.63, 3.8) is 0 Å². The summed E-state index contributed by atoms with van der Waals surface area (Å²) in [6, 6.07) is 11.0. The average Bonchev–Trinajstić information content (AvgIpc) is 2.52. The van der Waals surface area contributed by atoms with Crippen molar-refractivity contribution in [3.8, 4) is 11.5 Å². The quantitative estimate of drug-likeness (QED) is 0.797. The minimum absolute atomic E-state index is 0.155. The predicted octanol–water partition coefficient (Wildman–Crippen LogP) is 1.36. The van der Waals surface area contributed by atoms with E-state index in [0.717, 1.165) is 5.56 Å². The Balaban J connectivity index is 1.75. The number of aliphatic hydroxyl groups is 1. The van der Waals surface area contributed by atoms with Gasteiger partial charge in [0.15, 0.2) is 0 Å². The van der Waals surface area contributed by atoms with Crippen molar-refractivity contribution in [1.82, 2.24) is 4.98 Å². The van der Waals surface area contributed by atoms with Crippen LogP contribution in [0.3, 0.4) is 0 Å². The molecule has 1 aromatic carbocycles. The molecule has 0 amide bonds. The maximum atomic E-state index is 9.80. The van der Waals surface area contributed by atoms with E-state index in [-0.39, 0.29) is 13.2 Å². The third-order valence-corrected chi connectivity index (χ3v) is 2.65.